The fourth-order valence-electron chi connectivity index (χ4n) is 3.30. The molecule has 3 nitrogen and oxygen atoms in total. The summed E-state index contributed by atoms with van der Waals surface area (Å²) in [4.78, 5) is 12.4. The molecule has 2 aromatic rings. The van der Waals surface area contributed by atoms with Crippen LogP contribution in [0.3, 0.4) is 0 Å². The molecule has 4 rings (SSSR count). The molecule has 0 spiro atoms. The molecule has 2 aromatic carbocycles. The molecule has 0 radical (unpaired) electrons. The zero-order valence-corrected chi connectivity index (χ0v) is 11.9. The Kier molecular flexibility index (Phi) is 2.92. The number of nitrogens with one attached hydrogen (secondary N) is 2. The first-order chi connectivity index (χ1) is 10.3. The highest BCUT2D eigenvalue weighted by molar-refractivity contribution is 6.04. The van der Waals surface area contributed by atoms with Gasteiger partial charge in [0.05, 0.1) is 0 Å². The fourth-order valence-corrected chi connectivity index (χ4v) is 3.30. The van der Waals surface area contributed by atoms with E-state index in [1.165, 1.54) is 28.8 Å². The molecule has 0 atom stereocenters. The van der Waals surface area contributed by atoms with E-state index in [-0.39, 0.29) is 5.91 Å². The molecule has 1 aliphatic carbocycles. The Bertz CT molecular complexity index is 721. The summed E-state index contributed by atoms with van der Waals surface area (Å²) in [7, 11) is 0. The van der Waals surface area contributed by atoms with Crippen molar-refractivity contribution in [1.29, 1.82) is 0 Å². The average Bonchev–Trinajstić information content (AvgIpc) is 3.14. The van der Waals surface area contributed by atoms with Gasteiger partial charge in [-0.2, -0.15) is 0 Å². The topological polar surface area (TPSA) is 41.1 Å². The molecule has 0 aromatic heterocycles. The van der Waals surface area contributed by atoms with Crippen molar-refractivity contribution in [2.24, 2.45) is 0 Å². The van der Waals surface area contributed by atoms with E-state index in [1.807, 2.05) is 24.3 Å². The van der Waals surface area contributed by atoms with Gasteiger partial charge in [-0.05, 0) is 72.7 Å². The highest BCUT2D eigenvalue weighted by atomic mass is 16.1. The molecule has 21 heavy (non-hydrogen) atoms. The smallest absolute Gasteiger partial charge is 0.255 e. The number of hydrogen-bond donors (Lipinski definition) is 2. The first-order valence-corrected chi connectivity index (χ1v) is 7.59. The summed E-state index contributed by atoms with van der Waals surface area (Å²) >= 11 is 0. The van der Waals surface area contributed by atoms with Crippen LogP contribution in [-0.2, 0) is 19.3 Å². The van der Waals surface area contributed by atoms with Gasteiger partial charge in [0.2, 0.25) is 0 Å². The number of benzene rings is 2. The molecule has 106 valence electrons. The van der Waals surface area contributed by atoms with Crippen LogP contribution in [0.15, 0.2) is 36.4 Å². The van der Waals surface area contributed by atoms with Crippen LogP contribution in [0.4, 0.5) is 11.4 Å². The summed E-state index contributed by atoms with van der Waals surface area (Å²) in [5.41, 5.74) is 6.83. The Morgan fingerprint density at radius 1 is 0.952 bits per heavy atom. The molecule has 0 fully saturated rings. The van der Waals surface area contributed by atoms with Gasteiger partial charge < -0.3 is 10.6 Å². The van der Waals surface area contributed by atoms with Gasteiger partial charge in [-0.3, -0.25) is 4.79 Å². The Morgan fingerprint density at radius 3 is 2.81 bits per heavy atom. The molecular formula is C18H18N2O. The summed E-state index contributed by atoms with van der Waals surface area (Å²) < 4.78 is 0. The van der Waals surface area contributed by atoms with Crippen LogP contribution in [0.25, 0.3) is 0 Å². The minimum Gasteiger partial charge on any atom is -0.384 e. The van der Waals surface area contributed by atoms with E-state index in [9.17, 15) is 4.79 Å². The molecule has 1 heterocycles. The van der Waals surface area contributed by atoms with Crippen LogP contribution in [0, 0.1) is 0 Å². The highest BCUT2D eigenvalue weighted by Crippen LogP contribution is 2.26. The summed E-state index contributed by atoms with van der Waals surface area (Å²) in [6.45, 7) is 0.984. The van der Waals surface area contributed by atoms with Gasteiger partial charge in [0.1, 0.15) is 0 Å². The Hall–Kier alpha value is -2.29. The number of amides is 1. The number of carbonyl (C=O) groups excluding carboxylic acids is 1. The van der Waals surface area contributed by atoms with Gasteiger partial charge >= 0.3 is 0 Å². The first-order valence-electron chi connectivity index (χ1n) is 7.59. The number of hydrogen-bond acceptors (Lipinski definition) is 2. The number of aryl methyl sites for hydroxylation is 2. The van der Waals surface area contributed by atoms with Gasteiger partial charge in [0.15, 0.2) is 0 Å². The molecule has 3 heteroatoms. The van der Waals surface area contributed by atoms with Gasteiger partial charge in [-0.15, -0.1) is 0 Å². The van der Waals surface area contributed by atoms with E-state index in [0.29, 0.717) is 0 Å². The number of carbonyl (C=O) groups is 1. The molecular weight excluding hydrogens is 260 g/mol. The van der Waals surface area contributed by atoms with E-state index in [1.54, 1.807) is 0 Å². The molecule has 2 N–H and O–H groups in total. The Balaban J connectivity index is 1.55. The monoisotopic (exact) mass is 278 g/mol. The lowest BCUT2D eigenvalue weighted by Crippen LogP contribution is -2.12. The predicted octanol–water partition coefficient (Wildman–Crippen LogP) is 3.40. The van der Waals surface area contributed by atoms with Crippen molar-refractivity contribution in [3.8, 4) is 0 Å². The molecule has 1 aliphatic heterocycles. The van der Waals surface area contributed by atoms with Crippen LogP contribution in [0.2, 0.25) is 0 Å². The third-order valence-electron chi connectivity index (χ3n) is 4.43. The number of anilines is 2. The average molecular weight is 278 g/mol. The van der Waals surface area contributed by atoms with Crippen molar-refractivity contribution < 1.29 is 4.79 Å². The minimum atomic E-state index is -0.0180. The highest BCUT2D eigenvalue weighted by Gasteiger charge is 2.15. The normalized spacial score (nSPS) is 15.2. The van der Waals surface area contributed by atoms with Crippen molar-refractivity contribution in [3.05, 3.63) is 58.7 Å². The standard InChI is InChI=1S/C18H18N2O/c21-18(15-5-4-12-2-1-3-13(12)10-15)20-16-6-7-17-14(11-16)8-9-19-17/h4-7,10-11,19H,1-3,8-9H2,(H,20,21). The van der Waals surface area contributed by atoms with Crippen molar-refractivity contribution in [2.75, 3.05) is 17.2 Å². The van der Waals surface area contributed by atoms with Gasteiger partial charge in [0, 0.05) is 23.5 Å². The molecule has 2 aliphatic rings. The Morgan fingerprint density at radius 2 is 1.86 bits per heavy atom. The van der Waals surface area contributed by atoms with E-state index < -0.39 is 0 Å². The zero-order chi connectivity index (χ0) is 14.2. The second kappa shape index (κ2) is 4.92. The van der Waals surface area contributed by atoms with Crippen molar-refractivity contribution >= 4 is 17.3 Å². The van der Waals surface area contributed by atoms with Crippen LogP contribution in [-0.4, -0.2) is 12.5 Å². The SMILES string of the molecule is O=C(Nc1ccc2c(c1)CCN2)c1ccc2c(c1)CCC2. The Labute approximate surface area is 124 Å². The van der Waals surface area contributed by atoms with Crippen LogP contribution in [0.1, 0.15) is 33.5 Å². The van der Waals surface area contributed by atoms with E-state index in [2.05, 4.69) is 22.8 Å². The van der Waals surface area contributed by atoms with E-state index in [0.717, 1.165) is 37.1 Å². The predicted molar refractivity (Wildman–Crippen MR) is 85.1 cm³/mol. The van der Waals surface area contributed by atoms with Gasteiger partial charge in [0.25, 0.3) is 5.91 Å². The van der Waals surface area contributed by atoms with Gasteiger partial charge in [-0.1, -0.05) is 6.07 Å². The molecule has 1 amide bonds. The molecule has 0 unspecified atom stereocenters. The third-order valence-corrected chi connectivity index (χ3v) is 4.43. The fraction of sp³-hybridized carbons (Fsp3) is 0.278. The van der Waals surface area contributed by atoms with Crippen molar-refractivity contribution in [1.82, 2.24) is 0 Å². The summed E-state index contributed by atoms with van der Waals surface area (Å²) in [5.74, 6) is -0.0180. The summed E-state index contributed by atoms with van der Waals surface area (Å²) in [5, 5.41) is 6.34. The molecule has 0 saturated carbocycles. The number of fused-ring (bicyclic) bond motifs is 2. The lowest BCUT2D eigenvalue weighted by Gasteiger charge is -2.08. The van der Waals surface area contributed by atoms with E-state index in [4.69, 9.17) is 0 Å². The van der Waals surface area contributed by atoms with Gasteiger partial charge in [-0.25, -0.2) is 0 Å². The van der Waals surface area contributed by atoms with E-state index >= 15 is 0 Å². The second-order valence-electron chi connectivity index (χ2n) is 5.84. The largest absolute Gasteiger partial charge is 0.384 e. The molecule has 0 saturated heterocycles. The lowest BCUT2D eigenvalue weighted by atomic mass is 10.1. The first kappa shape index (κ1) is 12.5. The zero-order valence-electron chi connectivity index (χ0n) is 11.9. The third kappa shape index (κ3) is 2.29. The quantitative estimate of drug-likeness (QED) is 0.884. The van der Waals surface area contributed by atoms with Crippen molar-refractivity contribution in [3.63, 3.8) is 0 Å². The summed E-state index contributed by atoms with van der Waals surface area (Å²) in [6.07, 6.45) is 4.48. The van der Waals surface area contributed by atoms with Crippen LogP contribution >= 0.6 is 0 Å². The lowest BCUT2D eigenvalue weighted by molar-refractivity contribution is 0.102. The molecule has 0 bridgehead atoms. The minimum absolute atomic E-state index is 0.0180. The van der Waals surface area contributed by atoms with Crippen molar-refractivity contribution in [2.45, 2.75) is 25.7 Å². The second-order valence-corrected chi connectivity index (χ2v) is 5.84. The maximum atomic E-state index is 12.4. The number of rotatable bonds is 2. The maximum Gasteiger partial charge on any atom is 0.255 e. The van der Waals surface area contributed by atoms with Crippen LogP contribution < -0.4 is 10.6 Å². The van der Waals surface area contributed by atoms with Crippen LogP contribution in [0.5, 0.6) is 0 Å². The summed E-state index contributed by atoms with van der Waals surface area (Å²) in [6, 6.07) is 12.2. The maximum absolute atomic E-state index is 12.4.